The Balaban J connectivity index is 1.43. The van der Waals surface area contributed by atoms with Gasteiger partial charge in [-0.15, -0.1) is 0 Å². The Morgan fingerprint density at radius 2 is 1.09 bits per heavy atom. The molecule has 23 heavy (non-hydrogen) atoms. The summed E-state index contributed by atoms with van der Waals surface area (Å²) in [5, 5.41) is 0. The van der Waals surface area contributed by atoms with Gasteiger partial charge in [0.15, 0.2) is 0 Å². The Hall–Kier alpha value is -0.980. The summed E-state index contributed by atoms with van der Waals surface area (Å²) < 4.78 is 12.2. The van der Waals surface area contributed by atoms with Crippen molar-refractivity contribution >= 4 is 23.9 Å². The molecule has 0 amide bonds. The summed E-state index contributed by atoms with van der Waals surface area (Å²) in [5.74, 6) is 0. The van der Waals surface area contributed by atoms with Gasteiger partial charge in [-0.25, -0.2) is 0 Å². The quantitative estimate of drug-likeness (QED) is 0.496. The van der Waals surface area contributed by atoms with Gasteiger partial charge in [0.2, 0.25) is 0 Å². The topological polar surface area (TPSA) is 33.3 Å². The minimum Gasteiger partial charge on any atom is -0.379 e. The Kier molecular flexibility index (Phi) is 8.57. The maximum absolute atomic E-state index is 5.60. The highest BCUT2D eigenvalue weighted by atomic mass is 32.2. The number of hydrogen-bond donors (Lipinski definition) is 2. The molecule has 2 rings (SSSR count). The normalized spacial score (nSPS) is 10.9. The molecular weight excluding hydrogens is 324 g/mol. The third kappa shape index (κ3) is 7.90. The molecule has 0 aromatic heterocycles. The Morgan fingerprint density at radius 1 is 0.696 bits per heavy atom. The fourth-order valence-corrected chi connectivity index (χ4v) is 3.06. The van der Waals surface area contributed by atoms with Crippen molar-refractivity contribution in [2.75, 3.05) is 26.3 Å². The van der Waals surface area contributed by atoms with Crippen LogP contribution >= 0.6 is 23.9 Å². The maximum Gasteiger partial charge on any atom is 0.0601 e. The second kappa shape index (κ2) is 10.7. The largest absolute Gasteiger partial charge is 0.379 e. The van der Waals surface area contributed by atoms with Gasteiger partial charge in [0, 0.05) is 22.9 Å². The SMILES string of the molecule is Cc1ccc(SNCCOCCNSc2ccc(C)cc2)cc1. The summed E-state index contributed by atoms with van der Waals surface area (Å²) in [7, 11) is 0. The number of aryl methyl sites for hydroxylation is 2. The van der Waals surface area contributed by atoms with E-state index in [1.807, 2.05) is 0 Å². The number of nitrogens with one attached hydrogen (secondary N) is 2. The highest BCUT2D eigenvalue weighted by Crippen LogP contribution is 2.15. The number of ether oxygens (including phenoxy) is 1. The molecule has 5 heteroatoms. The molecule has 0 aliphatic carbocycles. The van der Waals surface area contributed by atoms with Crippen LogP contribution in [-0.2, 0) is 4.74 Å². The van der Waals surface area contributed by atoms with Gasteiger partial charge in [-0.2, -0.15) is 0 Å². The first-order valence-electron chi connectivity index (χ1n) is 7.74. The molecule has 0 saturated heterocycles. The maximum atomic E-state index is 5.60. The first kappa shape index (κ1) is 18.4. The zero-order chi connectivity index (χ0) is 16.3. The lowest BCUT2D eigenvalue weighted by molar-refractivity contribution is 0.145. The van der Waals surface area contributed by atoms with Crippen LogP contribution in [0.2, 0.25) is 0 Å². The van der Waals surface area contributed by atoms with Gasteiger partial charge in [0.25, 0.3) is 0 Å². The van der Waals surface area contributed by atoms with Gasteiger partial charge in [0.1, 0.15) is 0 Å². The molecule has 0 fully saturated rings. The van der Waals surface area contributed by atoms with Crippen LogP contribution < -0.4 is 9.44 Å². The highest BCUT2D eigenvalue weighted by Gasteiger charge is 1.95. The monoisotopic (exact) mass is 348 g/mol. The summed E-state index contributed by atoms with van der Waals surface area (Å²) in [6, 6.07) is 17.0. The van der Waals surface area contributed by atoms with Crippen molar-refractivity contribution < 1.29 is 4.74 Å². The zero-order valence-corrected chi connectivity index (χ0v) is 15.3. The van der Waals surface area contributed by atoms with Crippen LogP contribution in [0.15, 0.2) is 58.3 Å². The van der Waals surface area contributed by atoms with Crippen LogP contribution in [0.3, 0.4) is 0 Å². The minimum atomic E-state index is 0.718. The Labute approximate surface area is 147 Å². The van der Waals surface area contributed by atoms with Crippen LogP contribution in [0, 0.1) is 13.8 Å². The fourth-order valence-electron chi connectivity index (χ4n) is 1.81. The van der Waals surface area contributed by atoms with Crippen molar-refractivity contribution in [2.24, 2.45) is 0 Å². The minimum absolute atomic E-state index is 0.718. The van der Waals surface area contributed by atoms with E-state index in [2.05, 4.69) is 71.8 Å². The molecule has 0 heterocycles. The zero-order valence-electron chi connectivity index (χ0n) is 13.7. The van der Waals surface area contributed by atoms with Gasteiger partial charge in [-0.3, -0.25) is 9.44 Å². The summed E-state index contributed by atoms with van der Waals surface area (Å²) in [6.45, 7) is 7.31. The van der Waals surface area contributed by atoms with E-state index in [0.29, 0.717) is 0 Å². The van der Waals surface area contributed by atoms with Crippen LogP contribution in [-0.4, -0.2) is 26.3 Å². The predicted octanol–water partition coefficient (Wildman–Crippen LogP) is 4.21. The van der Waals surface area contributed by atoms with Crippen molar-refractivity contribution in [3.8, 4) is 0 Å². The molecule has 0 radical (unpaired) electrons. The molecule has 0 spiro atoms. The van der Waals surface area contributed by atoms with Crippen LogP contribution in [0.4, 0.5) is 0 Å². The number of hydrogen-bond acceptors (Lipinski definition) is 5. The Morgan fingerprint density at radius 3 is 1.48 bits per heavy atom. The van der Waals surface area contributed by atoms with Crippen molar-refractivity contribution in [2.45, 2.75) is 23.6 Å². The van der Waals surface area contributed by atoms with E-state index in [1.54, 1.807) is 23.9 Å². The van der Waals surface area contributed by atoms with Crippen LogP contribution in [0.1, 0.15) is 11.1 Å². The lowest BCUT2D eigenvalue weighted by atomic mass is 10.2. The first-order chi connectivity index (χ1) is 11.2. The molecule has 0 saturated carbocycles. The molecule has 0 bridgehead atoms. The molecule has 0 aliphatic heterocycles. The molecule has 2 aromatic carbocycles. The van der Waals surface area contributed by atoms with Crippen molar-refractivity contribution in [3.05, 3.63) is 59.7 Å². The average Bonchev–Trinajstić information content (AvgIpc) is 2.56. The standard InChI is InChI=1S/C18H24N2OS2/c1-15-3-7-17(8-4-15)22-19-11-13-21-14-12-20-23-18-9-5-16(2)6-10-18/h3-10,19-20H,11-14H2,1-2H3. The van der Waals surface area contributed by atoms with E-state index in [0.717, 1.165) is 26.3 Å². The lowest BCUT2D eigenvalue weighted by Gasteiger charge is -2.07. The van der Waals surface area contributed by atoms with E-state index in [1.165, 1.54) is 20.9 Å². The molecule has 0 unspecified atom stereocenters. The fraction of sp³-hybridized carbons (Fsp3) is 0.333. The third-order valence-corrected chi connectivity index (χ3v) is 4.83. The van der Waals surface area contributed by atoms with Crippen molar-refractivity contribution in [3.63, 3.8) is 0 Å². The highest BCUT2D eigenvalue weighted by molar-refractivity contribution is 7.97. The lowest BCUT2D eigenvalue weighted by Crippen LogP contribution is -2.17. The van der Waals surface area contributed by atoms with E-state index >= 15 is 0 Å². The molecule has 0 atom stereocenters. The van der Waals surface area contributed by atoms with Crippen molar-refractivity contribution in [1.29, 1.82) is 0 Å². The van der Waals surface area contributed by atoms with Gasteiger partial charge < -0.3 is 4.74 Å². The smallest absolute Gasteiger partial charge is 0.0601 e. The van der Waals surface area contributed by atoms with E-state index in [4.69, 9.17) is 4.74 Å². The van der Waals surface area contributed by atoms with E-state index in [9.17, 15) is 0 Å². The predicted molar refractivity (Wildman–Crippen MR) is 101 cm³/mol. The Bertz CT molecular complexity index is 507. The van der Waals surface area contributed by atoms with Gasteiger partial charge in [-0.1, -0.05) is 35.4 Å². The molecular formula is C18H24N2OS2. The third-order valence-electron chi connectivity index (χ3n) is 3.12. The van der Waals surface area contributed by atoms with Crippen molar-refractivity contribution in [1.82, 2.24) is 9.44 Å². The summed E-state index contributed by atoms with van der Waals surface area (Å²) >= 11 is 3.29. The summed E-state index contributed by atoms with van der Waals surface area (Å²) in [5.41, 5.74) is 2.57. The molecule has 124 valence electrons. The summed E-state index contributed by atoms with van der Waals surface area (Å²) in [6.07, 6.45) is 0. The summed E-state index contributed by atoms with van der Waals surface area (Å²) in [4.78, 5) is 2.46. The second-order valence-corrected chi connectivity index (χ2v) is 7.16. The van der Waals surface area contributed by atoms with Crippen LogP contribution in [0.5, 0.6) is 0 Å². The van der Waals surface area contributed by atoms with Gasteiger partial charge in [0.05, 0.1) is 13.2 Å². The van der Waals surface area contributed by atoms with E-state index < -0.39 is 0 Å². The average molecular weight is 349 g/mol. The van der Waals surface area contributed by atoms with Crippen LogP contribution in [0.25, 0.3) is 0 Å². The first-order valence-corrected chi connectivity index (χ1v) is 9.38. The second-order valence-electron chi connectivity index (χ2n) is 5.23. The molecule has 0 aliphatic rings. The molecule has 2 N–H and O–H groups in total. The van der Waals surface area contributed by atoms with Gasteiger partial charge >= 0.3 is 0 Å². The number of rotatable bonds is 10. The molecule has 2 aromatic rings. The molecule has 3 nitrogen and oxygen atoms in total. The number of benzene rings is 2. The van der Waals surface area contributed by atoms with Gasteiger partial charge in [-0.05, 0) is 62.0 Å². The van der Waals surface area contributed by atoms with E-state index in [-0.39, 0.29) is 0 Å².